The Morgan fingerprint density at radius 2 is 2.06 bits per heavy atom. The fourth-order valence-corrected chi connectivity index (χ4v) is 1.60. The first-order chi connectivity index (χ1) is 8.31. The molecule has 1 rings (SSSR count). The molecule has 100 valence electrons. The van der Waals surface area contributed by atoms with Crippen molar-refractivity contribution in [1.29, 1.82) is 0 Å². The maximum atomic E-state index is 13.6. The molecule has 3 N–H and O–H groups in total. The lowest BCUT2D eigenvalue weighted by atomic mass is 9.92. The Morgan fingerprint density at radius 3 is 2.56 bits per heavy atom. The Morgan fingerprint density at radius 1 is 1.39 bits per heavy atom. The highest BCUT2D eigenvalue weighted by atomic mass is 19.1. The van der Waals surface area contributed by atoms with Crippen LogP contribution in [0.3, 0.4) is 0 Å². The van der Waals surface area contributed by atoms with E-state index < -0.39 is 0 Å². The molecule has 0 radical (unpaired) electrons. The zero-order chi connectivity index (χ0) is 13.8. The molecule has 0 aliphatic carbocycles. The molecule has 0 aliphatic rings. The SMILES string of the molecule is CC(C)(C)CC(=O)NCc1ccc(CN)cc1F. The van der Waals surface area contributed by atoms with Gasteiger partial charge in [0, 0.05) is 25.1 Å². The third-order valence-electron chi connectivity index (χ3n) is 2.52. The van der Waals surface area contributed by atoms with Gasteiger partial charge in [0.2, 0.25) is 5.91 Å². The third kappa shape index (κ3) is 4.84. The molecular weight excluding hydrogens is 231 g/mol. The van der Waals surface area contributed by atoms with E-state index in [2.05, 4.69) is 5.32 Å². The predicted octanol–water partition coefficient (Wildman–Crippen LogP) is 2.34. The number of benzene rings is 1. The summed E-state index contributed by atoms with van der Waals surface area (Å²) in [6.45, 7) is 6.49. The van der Waals surface area contributed by atoms with Crippen molar-refractivity contribution in [3.63, 3.8) is 0 Å². The van der Waals surface area contributed by atoms with Crippen LogP contribution in [-0.4, -0.2) is 5.91 Å². The van der Waals surface area contributed by atoms with Gasteiger partial charge < -0.3 is 11.1 Å². The number of halogens is 1. The Hall–Kier alpha value is -1.42. The first kappa shape index (κ1) is 14.6. The molecule has 0 saturated heterocycles. The quantitative estimate of drug-likeness (QED) is 0.864. The lowest BCUT2D eigenvalue weighted by molar-refractivity contribution is -0.122. The molecule has 0 spiro atoms. The molecule has 3 nitrogen and oxygen atoms in total. The summed E-state index contributed by atoms with van der Waals surface area (Å²) in [7, 11) is 0. The van der Waals surface area contributed by atoms with E-state index in [1.54, 1.807) is 12.1 Å². The third-order valence-corrected chi connectivity index (χ3v) is 2.52. The second-order valence-electron chi connectivity index (χ2n) is 5.64. The zero-order valence-electron chi connectivity index (χ0n) is 11.2. The molecular formula is C14H21FN2O. The van der Waals surface area contributed by atoms with Crippen LogP contribution in [0.5, 0.6) is 0 Å². The molecule has 0 saturated carbocycles. The van der Waals surface area contributed by atoms with Crippen LogP contribution in [0.25, 0.3) is 0 Å². The summed E-state index contributed by atoms with van der Waals surface area (Å²) in [5, 5.41) is 2.72. The molecule has 18 heavy (non-hydrogen) atoms. The monoisotopic (exact) mass is 252 g/mol. The van der Waals surface area contributed by atoms with Crippen molar-refractivity contribution in [3.8, 4) is 0 Å². The molecule has 0 fully saturated rings. The second kappa shape index (κ2) is 5.96. The Labute approximate surface area is 108 Å². The van der Waals surface area contributed by atoms with Crippen molar-refractivity contribution in [2.75, 3.05) is 0 Å². The largest absolute Gasteiger partial charge is 0.352 e. The molecule has 1 aromatic carbocycles. The topological polar surface area (TPSA) is 55.1 Å². The molecule has 0 heterocycles. The Kier molecular flexibility index (Phi) is 4.84. The minimum absolute atomic E-state index is 0.0635. The fraction of sp³-hybridized carbons (Fsp3) is 0.500. The van der Waals surface area contributed by atoms with Crippen molar-refractivity contribution in [2.24, 2.45) is 11.1 Å². The standard InChI is InChI=1S/C14H21FN2O/c1-14(2,3)7-13(18)17-9-11-5-4-10(8-16)6-12(11)15/h4-6H,7-9,16H2,1-3H3,(H,17,18). The molecule has 1 aromatic rings. The van der Waals surface area contributed by atoms with Gasteiger partial charge >= 0.3 is 0 Å². The van der Waals surface area contributed by atoms with Gasteiger partial charge in [-0.1, -0.05) is 32.9 Å². The normalized spacial score (nSPS) is 11.4. The molecule has 4 heteroatoms. The summed E-state index contributed by atoms with van der Waals surface area (Å²) in [4.78, 5) is 11.6. The number of amides is 1. The van der Waals surface area contributed by atoms with Crippen LogP contribution in [0.15, 0.2) is 18.2 Å². The van der Waals surface area contributed by atoms with E-state index in [4.69, 9.17) is 5.73 Å². The van der Waals surface area contributed by atoms with Crippen LogP contribution < -0.4 is 11.1 Å². The Bertz CT molecular complexity index is 424. The number of carbonyl (C=O) groups excluding carboxylic acids is 1. The van der Waals surface area contributed by atoms with E-state index in [0.29, 0.717) is 18.5 Å². The van der Waals surface area contributed by atoms with Gasteiger partial charge in [-0.05, 0) is 17.0 Å². The van der Waals surface area contributed by atoms with Gasteiger partial charge in [0.05, 0.1) is 0 Å². The summed E-state index contributed by atoms with van der Waals surface area (Å²) in [6, 6.07) is 4.84. The highest BCUT2D eigenvalue weighted by molar-refractivity contribution is 5.76. The minimum Gasteiger partial charge on any atom is -0.352 e. The lowest BCUT2D eigenvalue weighted by Crippen LogP contribution is -2.27. The summed E-state index contributed by atoms with van der Waals surface area (Å²) in [6.07, 6.45) is 0.426. The smallest absolute Gasteiger partial charge is 0.220 e. The van der Waals surface area contributed by atoms with E-state index in [0.717, 1.165) is 5.56 Å². The highest BCUT2D eigenvalue weighted by Gasteiger charge is 2.15. The molecule has 1 amide bonds. The van der Waals surface area contributed by atoms with Gasteiger partial charge in [-0.25, -0.2) is 4.39 Å². The summed E-state index contributed by atoms with van der Waals surface area (Å²) in [5.41, 5.74) is 6.59. The van der Waals surface area contributed by atoms with Crippen molar-refractivity contribution < 1.29 is 9.18 Å². The average molecular weight is 252 g/mol. The van der Waals surface area contributed by atoms with Crippen LogP contribution in [0.1, 0.15) is 38.3 Å². The molecule has 0 bridgehead atoms. The first-order valence-electron chi connectivity index (χ1n) is 6.06. The summed E-state index contributed by atoms with van der Waals surface area (Å²) in [5.74, 6) is -0.390. The van der Waals surface area contributed by atoms with E-state index in [-0.39, 0.29) is 23.7 Å². The second-order valence-corrected chi connectivity index (χ2v) is 5.64. The van der Waals surface area contributed by atoms with Gasteiger partial charge in [0.25, 0.3) is 0 Å². The van der Waals surface area contributed by atoms with E-state index in [9.17, 15) is 9.18 Å². The van der Waals surface area contributed by atoms with Crippen LogP contribution in [0, 0.1) is 11.2 Å². The molecule has 0 atom stereocenters. The van der Waals surface area contributed by atoms with E-state index in [1.165, 1.54) is 6.07 Å². The summed E-state index contributed by atoms with van der Waals surface area (Å²) < 4.78 is 13.6. The van der Waals surface area contributed by atoms with Crippen LogP contribution >= 0.6 is 0 Å². The van der Waals surface area contributed by atoms with Gasteiger partial charge in [-0.3, -0.25) is 4.79 Å². The number of nitrogens with one attached hydrogen (secondary N) is 1. The Balaban J connectivity index is 2.56. The molecule has 0 aromatic heterocycles. The van der Waals surface area contributed by atoms with Gasteiger partial charge in [0.1, 0.15) is 5.82 Å². The maximum Gasteiger partial charge on any atom is 0.220 e. The number of carbonyl (C=O) groups is 1. The number of rotatable bonds is 4. The van der Waals surface area contributed by atoms with Crippen LogP contribution in [-0.2, 0) is 17.9 Å². The van der Waals surface area contributed by atoms with Crippen molar-refractivity contribution in [1.82, 2.24) is 5.32 Å². The number of hydrogen-bond acceptors (Lipinski definition) is 2. The first-order valence-corrected chi connectivity index (χ1v) is 6.06. The lowest BCUT2D eigenvalue weighted by Gasteiger charge is -2.17. The predicted molar refractivity (Wildman–Crippen MR) is 70.2 cm³/mol. The van der Waals surface area contributed by atoms with Crippen molar-refractivity contribution in [2.45, 2.75) is 40.3 Å². The molecule has 0 aliphatic heterocycles. The van der Waals surface area contributed by atoms with E-state index in [1.807, 2.05) is 20.8 Å². The van der Waals surface area contributed by atoms with Gasteiger partial charge in [0.15, 0.2) is 0 Å². The van der Waals surface area contributed by atoms with Crippen LogP contribution in [0.2, 0.25) is 0 Å². The minimum atomic E-state index is -0.325. The maximum absolute atomic E-state index is 13.6. The number of hydrogen-bond donors (Lipinski definition) is 2. The van der Waals surface area contributed by atoms with Crippen molar-refractivity contribution in [3.05, 3.63) is 35.1 Å². The zero-order valence-corrected chi connectivity index (χ0v) is 11.2. The highest BCUT2D eigenvalue weighted by Crippen LogP contribution is 2.18. The van der Waals surface area contributed by atoms with Gasteiger partial charge in [-0.15, -0.1) is 0 Å². The van der Waals surface area contributed by atoms with Gasteiger partial charge in [-0.2, -0.15) is 0 Å². The van der Waals surface area contributed by atoms with E-state index >= 15 is 0 Å². The average Bonchev–Trinajstić information content (AvgIpc) is 2.25. The van der Waals surface area contributed by atoms with Crippen molar-refractivity contribution >= 4 is 5.91 Å². The number of nitrogens with two attached hydrogens (primary N) is 1. The fourth-order valence-electron chi connectivity index (χ4n) is 1.60. The summed E-state index contributed by atoms with van der Waals surface area (Å²) >= 11 is 0. The molecule has 0 unspecified atom stereocenters. The van der Waals surface area contributed by atoms with Crippen LogP contribution in [0.4, 0.5) is 4.39 Å².